The highest BCUT2D eigenvalue weighted by Crippen LogP contribution is 2.30. The molecular weight excluding hydrogens is 208 g/mol. The quantitative estimate of drug-likeness (QED) is 0.296. The molecule has 74 valence electrons. The van der Waals surface area contributed by atoms with Gasteiger partial charge in [-0.15, -0.1) is 12.6 Å². The number of nitro groups is 1. The summed E-state index contributed by atoms with van der Waals surface area (Å²) in [6, 6.07) is 2.11. The number of nitrogen functional groups attached to an aromatic ring is 1. The molecule has 0 amide bonds. The SMILES string of the molecule is Nc1cc(C(=O)O)cc(S)c1[N+](=O)[O-]. The lowest BCUT2D eigenvalue weighted by atomic mass is 10.2. The number of anilines is 1. The number of nitrogens with zero attached hydrogens (tertiary/aromatic N) is 1. The van der Waals surface area contributed by atoms with Crippen molar-refractivity contribution < 1.29 is 14.8 Å². The predicted molar refractivity (Wildman–Crippen MR) is 51.7 cm³/mol. The van der Waals surface area contributed by atoms with Gasteiger partial charge in [-0.2, -0.15) is 0 Å². The third kappa shape index (κ3) is 1.77. The lowest BCUT2D eigenvalue weighted by molar-refractivity contribution is -0.386. The van der Waals surface area contributed by atoms with Gasteiger partial charge in [-0.25, -0.2) is 4.79 Å². The maximum absolute atomic E-state index is 10.5. The van der Waals surface area contributed by atoms with Crippen molar-refractivity contribution in [3.05, 3.63) is 27.8 Å². The third-order valence-electron chi connectivity index (χ3n) is 1.55. The van der Waals surface area contributed by atoms with Crippen LogP contribution in [0.2, 0.25) is 0 Å². The van der Waals surface area contributed by atoms with E-state index in [-0.39, 0.29) is 21.8 Å². The van der Waals surface area contributed by atoms with Crippen LogP contribution >= 0.6 is 12.6 Å². The van der Waals surface area contributed by atoms with E-state index in [2.05, 4.69) is 12.6 Å². The highest BCUT2D eigenvalue weighted by Gasteiger charge is 2.19. The summed E-state index contributed by atoms with van der Waals surface area (Å²) in [7, 11) is 0. The Morgan fingerprint density at radius 2 is 2.14 bits per heavy atom. The zero-order valence-electron chi connectivity index (χ0n) is 6.80. The molecule has 1 rings (SSSR count). The minimum absolute atomic E-state index is 0.0626. The molecule has 3 N–H and O–H groups in total. The Hall–Kier alpha value is -1.76. The van der Waals surface area contributed by atoms with Crippen LogP contribution in [0.1, 0.15) is 10.4 Å². The molecular formula is C7H6N2O4S. The summed E-state index contributed by atoms with van der Waals surface area (Å²) >= 11 is 3.79. The predicted octanol–water partition coefficient (Wildman–Crippen LogP) is 1.16. The number of carboxylic acid groups (broad SMARTS) is 1. The Morgan fingerprint density at radius 1 is 1.57 bits per heavy atom. The van der Waals surface area contributed by atoms with Crippen LogP contribution in [0.3, 0.4) is 0 Å². The number of carboxylic acids is 1. The number of nitrogens with two attached hydrogens (primary N) is 1. The molecule has 0 aliphatic rings. The van der Waals surface area contributed by atoms with E-state index in [1.807, 2.05) is 0 Å². The molecule has 14 heavy (non-hydrogen) atoms. The Bertz CT molecular complexity index is 395. The summed E-state index contributed by atoms with van der Waals surface area (Å²) in [6.07, 6.45) is 0. The molecule has 0 aliphatic carbocycles. The topological polar surface area (TPSA) is 106 Å². The minimum atomic E-state index is -1.21. The van der Waals surface area contributed by atoms with Gasteiger partial charge in [0.05, 0.1) is 15.4 Å². The molecule has 7 heteroatoms. The standard InChI is InChI=1S/C7H6N2O4S/c8-4-1-3(7(10)11)2-5(14)6(4)9(12)13/h1-2,14H,8H2,(H,10,11). The van der Waals surface area contributed by atoms with Gasteiger partial charge in [0.2, 0.25) is 0 Å². The normalized spacial score (nSPS) is 9.79. The van der Waals surface area contributed by atoms with E-state index >= 15 is 0 Å². The van der Waals surface area contributed by atoms with Gasteiger partial charge >= 0.3 is 11.7 Å². The second kappa shape index (κ2) is 3.54. The lowest BCUT2D eigenvalue weighted by Gasteiger charge is -2.01. The molecule has 0 saturated carbocycles. The Balaban J connectivity index is 3.39. The van der Waals surface area contributed by atoms with Crippen molar-refractivity contribution in [2.24, 2.45) is 0 Å². The van der Waals surface area contributed by atoms with Crippen LogP contribution in [-0.2, 0) is 0 Å². The van der Waals surface area contributed by atoms with Crippen LogP contribution < -0.4 is 5.73 Å². The van der Waals surface area contributed by atoms with Crippen LogP contribution in [0, 0.1) is 10.1 Å². The lowest BCUT2D eigenvalue weighted by Crippen LogP contribution is -2.02. The first-order chi connectivity index (χ1) is 6.43. The molecule has 1 aromatic rings. The number of benzene rings is 1. The zero-order chi connectivity index (χ0) is 10.9. The third-order valence-corrected chi connectivity index (χ3v) is 1.89. The largest absolute Gasteiger partial charge is 0.478 e. The van der Waals surface area contributed by atoms with Gasteiger partial charge in [0.1, 0.15) is 5.69 Å². The van der Waals surface area contributed by atoms with Gasteiger partial charge < -0.3 is 10.8 Å². The average molecular weight is 214 g/mol. The van der Waals surface area contributed by atoms with Crippen molar-refractivity contribution in [2.45, 2.75) is 4.90 Å². The number of thiol groups is 1. The molecule has 0 radical (unpaired) electrons. The first-order valence-electron chi connectivity index (χ1n) is 3.43. The van der Waals surface area contributed by atoms with Crippen molar-refractivity contribution in [3.8, 4) is 0 Å². The van der Waals surface area contributed by atoms with E-state index in [1.165, 1.54) is 0 Å². The highest BCUT2D eigenvalue weighted by atomic mass is 32.1. The first kappa shape index (κ1) is 10.3. The van der Waals surface area contributed by atoms with Crippen molar-refractivity contribution in [1.82, 2.24) is 0 Å². The van der Waals surface area contributed by atoms with E-state index in [0.29, 0.717) is 0 Å². The summed E-state index contributed by atoms with van der Waals surface area (Å²) in [6.45, 7) is 0. The van der Waals surface area contributed by atoms with Gasteiger partial charge in [-0.3, -0.25) is 10.1 Å². The zero-order valence-corrected chi connectivity index (χ0v) is 7.69. The molecule has 0 heterocycles. The highest BCUT2D eigenvalue weighted by molar-refractivity contribution is 7.80. The Labute approximate surface area is 83.9 Å². The second-order valence-corrected chi connectivity index (χ2v) is 2.98. The monoisotopic (exact) mass is 214 g/mol. The molecule has 0 atom stereocenters. The molecule has 0 spiro atoms. The van der Waals surface area contributed by atoms with E-state index in [4.69, 9.17) is 10.8 Å². The fraction of sp³-hybridized carbons (Fsp3) is 0. The van der Waals surface area contributed by atoms with Gasteiger partial charge in [-0.05, 0) is 12.1 Å². The summed E-state index contributed by atoms with van der Waals surface area (Å²) in [5.74, 6) is -1.21. The van der Waals surface area contributed by atoms with Crippen LogP contribution in [0.15, 0.2) is 17.0 Å². The van der Waals surface area contributed by atoms with Gasteiger partial charge in [0, 0.05) is 0 Å². The summed E-state index contributed by atoms with van der Waals surface area (Å²) in [4.78, 5) is 20.2. The van der Waals surface area contributed by atoms with Gasteiger partial charge in [0.25, 0.3) is 0 Å². The first-order valence-corrected chi connectivity index (χ1v) is 3.88. The maximum Gasteiger partial charge on any atom is 0.335 e. The number of hydrogen-bond acceptors (Lipinski definition) is 5. The fourth-order valence-electron chi connectivity index (χ4n) is 0.964. The Kier molecular flexibility index (Phi) is 2.61. The minimum Gasteiger partial charge on any atom is -0.478 e. The molecule has 1 aromatic carbocycles. The summed E-state index contributed by atoms with van der Waals surface area (Å²) < 4.78 is 0. The Morgan fingerprint density at radius 3 is 2.50 bits per heavy atom. The molecule has 0 aromatic heterocycles. The number of carbonyl (C=O) groups is 1. The van der Waals surface area contributed by atoms with Gasteiger partial charge in [0.15, 0.2) is 0 Å². The maximum atomic E-state index is 10.5. The summed E-state index contributed by atoms with van der Waals surface area (Å²) in [5.41, 5.74) is 4.60. The van der Waals surface area contributed by atoms with Crippen molar-refractivity contribution in [2.75, 3.05) is 5.73 Å². The number of hydrogen-bond donors (Lipinski definition) is 3. The van der Waals surface area contributed by atoms with Crippen molar-refractivity contribution >= 4 is 30.0 Å². The fourth-order valence-corrected chi connectivity index (χ4v) is 1.31. The van der Waals surface area contributed by atoms with E-state index in [1.54, 1.807) is 0 Å². The van der Waals surface area contributed by atoms with Crippen LogP contribution in [0.5, 0.6) is 0 Å². The molecule has 0 bridgehead atoms. The van der Waals surface area contributed by atoms with E-state index in [0.717, 1.165) is 12.1 Å². The number of nitro benzene ring substituents is 1. The average Bonchev–Trinajstić information content (AvgIpc) is 2.01. The second-order valence-electron chi connectivity index (χ2n) is 2.50. The molecule has 0 saturated heterocycles. The number of rotatable bonds is 2. The molecule has 0 fully saturated rings. The van der Waals surface area contributed by atoms with Crippen molar-refractivity contribution in [1.29, 1.82) is 0 Å². The van der Waals surface area contributed by atoms with Crippen LogP contribution in [-0.4, -0.2) is 16.0 Å². The smallest absolute Gasteiger partial charge is 0.335 e. The summed E-state index contributed by atoms with van der Waals surface area (Å²) in [5, 5.41) is 19.1. The van der Waals surface area contributed by atoms with E-state index in [9.17, 15) is 14.9 Å². The van der Waals surface area contributed by atoms with Crippen LogP contribution in [0.4, 0.5) is 11.4 Å². The van der Waals surface area contributed by atoms with E-state index < -0.39 is 10.9 Å². The van der Waals surface area contributed by atoms with Crippen molar-refractivity contribution in [3.63, 3.8) is 0 Å². The van der Waals surface area contributed by atoms with Crippen LogP contribution in [0.25, 0.3) is 0 Å². The number of aromatic carboxylic acids is 1. The molecule has 6 nitrogen and oxygen atoms in total. The van der Waals surface area contributed by atoms with Gasteiger partial charge in [-0.1, -0.05) is 0 Å². The molecule has 0 aliphatic heterocycles. The molecule has 0 unspecified atom stereocenters.